The van der Waals surface area contributed by atoms with Crippen molar-refractivity contribution in [3.8, 4) is 6.07 Å². The van der Waals surface area contributed by atoms with E-state index in [-0.39, 0.29) is 17.7 Å². The quantitative estimate of drug-likeness (QED) is 0.525. The van der Waals surface area contributed by atoms with E-state index < -0.39 is 11.6 Å². The highest BCUT2D eigenvalue weighted by Crippen LogP contribution is 2.28. The van der Waals surface area contributed by atoms with Crippen LogP contribution in [-0.4, -0.2) is 53.3 Å². The van der Waals surface area contributed by atoms with Gasteiger partial charge in [0.15, 0.2) is 0 Å². The van der Waals surface area contributed by atoms with Crippen LogP contribution in [0.2, 0.25) is 0 Å². The molecule has 1 aliphatic heterocycles. The summed E-state index contributed by atoms with van der Waals surface area (Å²) in [7, 11) is 0. The van der Waals surface area contributed by atoms with Gasteiger partial charge in [-0.15, -0.1) is 0 Å². The van der Waals surface area contributed by atoms with Crippen molar-refractivity contribution < 1.29 is 14.4 Å². The van der Waals surface area contributed by atoms with Crippen LogP contribution in [0.4, 0.5) is 5.69 Å². The Hall–Kier alpha value is -2.92. The molecule has 2 aliphatic rings. The first kappa shape index (κ1) is 26.7. The molecule has 1 aliphatic carbocycles. The molecule has 1 heterocycles. The lowest BCUT2D eigenvalue weighted by Crippen LogP contribution is -2.59. The molecule has 0 spiro atoms. The molecule has 0 aromatic heterocycles. The summed E-state index contributed by atoms with van der Waals surface area (Å²) in [5.41, 5.74) is 0.118. The maximum absolute atomic E-state index is 13.5. The molecule has 190 valence electrons. The number of nitriles is 1. The lowest BCUT2D eigenvalue weighted by molar-refractivity contribution is -0.125. The Morgan fingerprint density at radius 2 is 1.71 bits per heavy atom. The van der Waals surface area contributed by atoms with E-state index in [1.807, 2.05) is 0 Å². The average Bonchev–Trinajstić information content (AvgIpc) is 2.84. The molecular formula is C27H39N5O3. The molecule has 1 aromatic carbocycles. The zero-order chi connectivity index (χ0) is 25.4. The summed E-state index contributed by atoms with van der Waals surface area (Å²) in [5, 5.41) is 18.6. The third-order valence-corrected chi connectivity index (χ3v) is 7.34. The highest BCUT2D eigenvalue weighted by atomic mass is 16.2. The van der Waals surface area contributed by atoms with Gasteiger partial charge in [0, 0.05) is 37.3 Å². The average molecular weight is 482 g/mol. The monoisotopic (exact) mass is 481 g/mol. The predicted octanol–water partition coefficient (Wildman–Crippen LogP) is 3.60. The number of likely N-dealkylation sites (tertiary alicyclic amines) is 1. The Morgan fingerprint density at radius 1 is 1.09 bits per heavy atom. The summed E-state index contributed by atoms with van der Waals surface area (Å²) in [6.45, 7) is 7.21. The SMILES string of the molecule is CC(=O)Nc1ccc(C(=O)NC(CC2CCCCC2)C(=O)NC2(C#N)CCN(C(C)C)CC2)cc1. The maximum atomic E-state index is 13.5. The van der Waals surface area contributed by atoms with E-state index >= 15 is 0 Å². The Bertz CT molecular complexity index is 923. The molecule has 3 amide bonds. The van der Waals surface area contributed by atoms with E-state index in [0.717, 1.165) is 38.8 Å². The summed E-state index contributed by atoms with van der Waals surface area (Å²) in [6, 6.07) is 8.67. The van der Waals surface area contributed by atoms with Crippen LogP contribution in [0.1, 0.15) is 82.5 Å². The van der Waals surface area contributed by atoms with Gasteiger partial charge in [0.25, 0.3) is 5.91 Å². The summed E-state index contributed by atoms with van der Waals surface area (Å²) >= 11 is 0. The summed E-state index contributed by atoms with van der Waals surface area (Å²) in [6.07, 6.45) is 7.32. The molecule has 1 saturated carbocycles. The lowest BCUT2D eigenvalue weighted by Gasteiger charge is -2.40. The summed E-state index contributed by atoms with van der Waals surface area (Å²) < 4.78 is 0. The molecule has 1 aromatic rings. The van der Waals surface area contributed by atoms with Crippen LogP contribution in [0.25, 0.3) is 0 Å². The van der Waals surface area contributed by atoms with Crippen LogP contribution in [-0.2, 0) is 9.59 Å². The fourth-order valence-corrected chi connectivity index (χ4v) is 5.15. The first-order chi connectivity index (χ1) is 16.7. The van der Waals surface area contributed by atoms with Gasteiger partial charge < -0.3 is 20.9 Å². The van der Waals surface area contributed by atoms with E-state index in [1.165, 1.54) is 13.3 Å². The minimum atomic E-state index is -0.905. The van der Waals surface area contributed by atoms with Crippen molar-refractivity contribution in [2.45, 2.75) is 89.8 Å². The molecule has 8 nitrogen and oxygen atoms in total. The van der Waals surface area contributed by atoms with Crippen molar-refractivity contribution in [2.24, 2.45) is 5.92 Å². The van der Waals surface area contributed by atoms with Crippen molar-refractivity contribution in [3.63, 3.8) is 0 Å². The van der Waals surface area contributed by atoms with E-state index in [0.29, 0.717) is 42.5 Å². The van der Waals surface area contributed by atoms with Gasteiger partial charge in [-0.05, 0) is 63.3 Å². The highest BCUT2D eigenvalue weighted by molar-refractivity contribution is 5.98. The molecule has 35 heavy (non-hydrogen) atoms. The number of carbonyl (C=O) groups excluding carboxylic acids is 3. The molecule has 0 radical (unpaired) electrons. The standard InChI is InChI=1S/C27H39N5O3/c1-19(2)32-15-13-27(18-28,14-16-32)31-26(35)24(17-21-7-5-4-6-8-21)30-25(34)22-9-11-23(12-10-22)29-20(3)33/h9-12,19,21,24H,4-8,13-17H2,1-3H3,(H,29,33)(H,30,34)(H,31,35). The zero-order valence-electron chi connectivity index (χ0n) is 21.2. The van der Waals surface area contributed by atoms with Gasteiger partial charge in [-0.1, -0.05) is 32.1 Å². The third-order valence-electron chi connectivity index (χ3n) is 7.34. The fourth-order valence-electron chi connectivity index (χ4n) is 5.15. The van der Waals surface area contributed by atoms with Gasteiger partial charge in [0.1, 0.15) is 11.6 Å². The number of nitrogens with one attached hydrogen (secondary N) is 3. The van der Waals surface area contributed by atoms with Crippen molar-refractivity contribution in [3.05, 3.63) is 29.8 Å². The Labute approximate surface area is 208 Å². The zero-order valence-corrected chi connectivity index (χ0v) is 21.2. The number of nitrogens with zero attached hydrogens (tertiary/aromatic N) is 2. The molecular weight excluding hydrogens is 442 g/mol. The van der Waals surface area contributed by atoms with Crippen LogP contribution in [0.5, 0.6) is 0 Å². The van der Waals surface area contributed by atoms with Crippen LogP contribution < -0.4 is 16.0 Å². The van der Waals surface area contributed by atoms with E-state index in [2.05, 4.69) is 40.8 Å². The van der Waals surface area contributed by atoms with E-state index in [1.54, 1.807) is 24.3 Å². The molecule has 3 rings (SSSR count). The topological polar surface area (TPSA) is 114 Å². The molecule has 0 bridgehead atoms. The minimum absolute atomic E-state index is 0.183. The van der Waals surface area contributed by atoms with Crippen molar-refractivity contribution in [1.29, 1.82) is 5.26 Å². The molecule has 3 N–H and O–H groups in total. The van der Waals surface area contributed by atoms with Gasteiger partial charge in [-0.25, -0.2) is 0 Å². The smallest absolute Gasteiger partial charge is 0.251 e. The first-order valence-electron chi connectivity index (χ1n) is 12.9. The highest BCUT2D eigenvalue weighted by Gasteiger charge is 2.39. The summed E-state index contributed by atoms with van der Waals surface area (Å²) in [5.74, 6) is -0.422. The molecule has 1 saturated heterocycles. The number of benzene rings is 1. The van der Waals surface area contributed by atoms with Crippen LogP contribution in [0, 0.1) is 17.2 Å². The number of piperidine rings is 1. The number of hydrogen-bond donors (Lipinski definition) is 3. The van der Waals surface area contributed by atoms with E-state index in [9.17, 15) is 19.6 Å². The Kier molecular flexibility index (Phi) is 9.27. The van der Waals surface area contributed by atoms with Crippen molar-refractivity contribution in [2.75, 3.05) is 18.4 Å². The Balaban J connectivity index is 1.71. The number of carbonyl (C=O) groups is 3. The minimum Gasteiger partial charge on any atom is -0.340 e. The second kappa shape index (κ2) is 12.2. The van der Waals surface area contributed by atoms with Gasteiger partial charge >= 0.3 is 0 Å². The number of amides is 3. The molecule has 1 atom stereocenters. The molecule has 8 heteroatoms. The van der Waals surface area contributed by atoms with Gasteiger partial charge in [0.05, 0.1) is 6.07 Å². The third kappa shape index (κ3) is 7.53. The van der Waals surface area contributed by atoms with Crippen LogP contribution in [0.15, 0.2) is 24.3 Å². The molecule has 2 fully saturated rings. The van der Waals surface area contributed by atoms with Gasteiger partial charge in [-0.3, -0.25) is 14.4 Å². The summed E-state index contributed by atoms with van der Waals surface area (Å²) in [4.78, 5) is 40.1. The van der Waals surface area contributed by atoms with Crippen molar-refractivity contribution in [1.82, 2.24) is 15.5 Å². The maximum Gasteiger partial charge on any atom is 0.251 e. The number of rotatable bonds is 8. The van der Waals surface area contributed by atoms with Gasteiger partial charge in [-0.2, -0.15) is 5.26 Å². The fraction of sp³-hybridized carbons (Fsp3) is 0.630. The normalized spacial score (nSPS) is 19.4. The van der Waals surface area contributed by atoms with Gasteiger partial charge in [0.2, 0.25) is 11.8 Å². The van der Waals surface area contributed by atoms with E-state index in [4.69, 9.17) is 0 Å². The first-order valence-corrected chi connectivity index (χ1v) is 12.9. The lowest BCUT2D eigenvalue weighted by atomic mass is 9.83. The predicted molar refractivity (Wildman–Crippen MR) is 136 cm³/mol. The second-order valence-corrected chi connectivity index (χ2v) is 10.3. The van der Waals surface area contributed by atoms with Crippen molar-refractivity contribution >= 4 is 23.4 Å². The second-order valence-electron chi connectivity index (χ2n) is 10.3. The molecule has 1 unspecified atom stereocenters. The van der Waals surface area contributed by atoms with Crippen LogP contribution >= 0.6 is 0 Å². The largest absolute Gasteiger partial charge is 0.340 e. The number of hydrogen-bond acceptors (Lipinski definition) is 5. The van der Waals surface area contributed by atoms with Crippen LogP contribution in [0.3, 0.4) is 0 Å². The number of anilines is 1. The Morgan fingerprint density at radius 3 is 2.26 bits per heavy atom.